The van der Waals surface area contributed by atoms with Crippen molar-refractivity contribution in [2.24, 2.45) is 5.92 Å². The first kappa shape index (κ1) is 17.6. The number of rotatable bonds is 5. The fourth-order valence-electron chi connectivity index (χ4n) is 3.25. The molecule has 1 N–H and O–H groups in total. The van der Waals surface area contributed by atoms with Gasteiger partial charge in [-0.25, -0.2) is 0 Å². The van der Waals surface area contributed by atoms with Gasteiger partial charge in [0.1, 0.15) is 5.75 Å². The van der Waals surface area contributed by atoms with Gasteiger partial charge in [-0.1, -0.05) is 35.9 Å². The second-order valence-corrected chi connectivity index (χ2v) is 6.71. The van der Waals surface area contributed by atoms with E-state index in [9.17, 15) is 4.79 Å². The molecular formula is C20H23ClN2O2. The predicted octanol–water partition coefficient (Wildman–Crippen LogP) is 3.88. The van der Waals surface area contributed by atoms with Crippen molar-refractivity contribution in [3.05, 3.63) is 59.1 Å². The minimum absolute atomic E-state index is 0.0603. The molecule has 132 valence electrons. The molecule has 3 rings (SSSR count). The Morgan fingerprint density at radius 3 is 2.68 bits per heavy atom. The number of hydrogen-bond acceptors (Lipinski definition) is 3. The third-order valence-corrected chi connectivity index (χ3v) is 4.92. The number of hydrogen-bond donors (Lipinski definition) is 1. The third-order valence-electron chi connectivity index (χ3n) is 4.68. The molecule has 0 aromatic heterocycles. The minimum atomic E-state index is 0.0603. The lowest BCUT2D eigenvalue weighted by Gasteiger charge is -2.33. The lowest BCUT2D eigenvalue weighted by molar-refractivity contribution is -0.125. The quantitative estimate of drug-likeness (QED) is 0.881. The van der Waals surface area contributed by atoms with Crippen molar-refractivity contribution in [2.75, 3.05) is 25.1 Å². The second kappa shape index (κ2) is 8.26. The van der Waals surface area contributed by atoms with E-state index < -0.39 is 0 Å². The number of ether oxygens (including phenoxy) is 1. The van der Waals surface area contributed by atoms with Crippen LogP contribution in [0.1, 0.15) is 18.4 Å². The van der Waals surface area contributed by atoms with Crippen molar-refractivity contribution in [2.45, 2.75) is 19.4 Å². The first-order chi connectivity index (χ1) is 12.2. The summed E-state index contributed by atoms with van der Waals surface area (Å²) in [7, 11) is 1.65. The van der Waals surface area contributed by atoms with Crippen LogP contribution in [-0.2, 0) is 11.3 Å². The highest BCUT2D eigenvalue weighted by molar-refractivity contribution is 6.30. The Kier molecular flexibility index (Phi) is 5.82. The standard InChI is InChI=1S/C20H23ClN2O2/c1-25-19-8-3-2-5-16(19)14-22-20(24)15-9-11-23(12-10-15)18-7-4-6-17(21)13-18/h2-8,13,15H,9-12,14H2,1H3,(H,22,24). The molecule has 1 amide bonds. The van der Waals surface area contributed by atoms with Gasteiger partial charge in [0.05, 0.1) is 7.11 Å². The van der Waals surface area contributed by atoms with Crippen LogP contribution in [0, 0.1) is 5.92 Å². The molecule has 1 aliphatic rings. The Balaban J connectivity index is 1.51. The molecule has 1 aliphatic heterocycles. The maximum absolute atomic E-state index is 12.5. The average molecular weight is 359 g/mol. The van der Waals surface area contributed by atoms with Crippen LogP contribution in [0.4, 0.5) is 5.69 Å². The van der Waals surface area contributed by atoms with Crippen LogP contribution in [0.2, 0.25) is 5.02 Å². The number of anilines is 1. The Morgan fingerprint density at radius 2 is 1.96 bits per heavy atom. The van der Waals surface area contributed by atoms with Crippen LogP contribution in [0.15, 0.2) is 48.5 Å². The van der Waals surface area contributed by atoms with Gasteiger partial charge in [-0.05, 0) is 37.1 Å². The summed E-state index contributed by atoms with van der Waals surface area (Å²) >= 11 is 6.07. The van der Waals surface area contributed by atoms with Gasteiger partial charge in [0.25, 0.3) is 0 Å². The predicted molar refractivity (Wildman–Crippen MR) is 101 cm³/mol. The molecular weight excluding hydrogens is 336 g/mol. The third kappa shape index (κ3) is 4.45. The summed E-state index contributed by atoms with van der Waals surface area (Å²) in [6.45, 7) is 2.23. The van der Waals surface area contributed by atoms with Gasteiger partial charge in [-0.2, -0.15) is 0 Å². The van der Waals surface area contributed by atoms with Gasteiger partial charge in [0.15, 0.2) is 0 Å². The summed E-state index contributed by atoms with van der Waals surface area (Å²) in [4.78, 5) is 14.8. The van der Waals surface area contributed by atoms with Crippen molar-refractivity contribution in [3.63, 3.8) is 0 Å². The molecule has 2 aromatic rings. The van der Waals surface area contributed by atoms with E-state index in [-0.39, 0.29) is 11.8 Å². The van der Waals surface area contributed by atoms with E-state index in [4.69, 9.17) is 16.3 Å². The van der Waals surface area contributed by atoms with Gasteiger partial charge in [0.2, 0.25) is 5.91 Å². The van der Waals surface area contributed by atoms with Crippen LogP contribution in [0.25, 0.3) is 0 Å². The number of nitrogens with zero attached hydrogens (tertiary/aromatic N) is 1. The number of para-hydroxylation sites is 1. The average Bonchev–Trinajstić information content (AvgIpc) is 2.66. The zero-order valence-electron chi connectivity index (χ0n) is 14.4. The molecule has 0 atom stereocenters. The van der Waals surface area contributed by atoms with Crippen molar-refractivity contribution >= 4 is 23.2 Å². The van der Waals surface area contributed by atoms with Gasteiger partial charge in [-0.15, -0.1) is 0 Å². The van der Waals surface area contributed by atoms with Gasteiger partial charge in [0, 0.05) is 41.8 Å². The number of methoxy groups -OCH3 is 1. The molecule has 25 heavy (non-hydrogen) atoms. The number of piperidine rings is 1. The molecule has 2 aromatic carbocycles. The molecule has 0 saturated carbocycles. The molecule has 1 fully saturated rings. The summed E-state index contributed by atoms with van der Waals surface area (Å²) in [5.74, 6) is 0.986. The molecule has 5 heteroatoms. The van der Waals surface area contributed by atoms with Crippen LogP contribution >= 0.6 is 11.6 Å². The number of carbonyl (C=O) groups excluding carboxylic acids is 1. The van der Waals surface area contributed by atoms with Gasteiger partial charge < -0.3 is 15.0 Å². The second-order valence-electron chi connectivity index (χ2n) is 6.27. The van der Waals surface area contributed by atoms with E-state index in [0.717, 1.165) is 48.0 Å². The van der Waals surface area contributed by atoms with E-state index in [2.05, 4.69) is 16.3 Å². The minimum Gasteiger partial charge on any atom is -0.496 e. The highest BCUT2D eigenvalue weighted by Gasteiger charge is 2.25. The molecule has 0 aliphatic carbocycles. The van der Waals surface area contributed by atoms with E-state index in [1.165, 1.54) is 0 Å². The maximum Gasteiger partial charge on any atom is 0.223 e. The number of halogens is 1. The molecule has 0 unspecified atom stereocenters. The maximum atomic E-state index is 12.5. The summed E-state index contributed by atoms with van der Waals surface area (Å²) < 4.78 is 5.33. The van der Waals surface area contributed by atoms with E-state index in [1.54, 1.807) is 7.11 Å². The topological polar surface area (TPSA) is 41.6 Å². The van der Waals surface area contributed by atoms with E-state index >= 15 is 0 Å². The van der Waals surface area contributed by atoms with Crippen LogP contribution in [-0.4, -0.2) is 26.1 Å². The van der Waals surface area contributed by atoms with Crippen LogP contribution in [0.3, 0.4) is 0 Å². The fraction of sp³-hybridized carbons (Fsp3) is 0.350. The summed E-state index contributed by atoms with van der Waals surface area (Å²) in [5, 5.41) is 3.79. The highest BCUT2D eigenvalue weighted by Crippen LogP contribution is 2.26. The normalized spacial score (nSPS) is 15.0. The van der Waals surface area contributed by atoms with Crippen molar-refractivity contribution in [1.29, 1.82) is 0 Å². The summed E-state index contributed by atoms with van der Waals surface area (Å²) in [6.07, 6.45) is 1.70. The number of amides is 1. The van der Waals surface area contributed by atoms with Gasteiger partial charge >= 0.3 is 0 Å². The zero-order chi connectivity index (χ0) is 17.6. The number of benzene rings is 2. The molecule has 0 spiro atoms. The van der Waals surface area contributed by atoms with E-state index in [1.807, 2.05) is 42.5 Å². The lowest BCUT2D eigenvalue weighted by atomic mass is 9.95. The van der Waals surface area contributed by atoms with Gasteiger partial charge in [-0.3, -0.25) is 4.79 Å². The zero-order valence-corrected chi connectivity index (χ0v) is 15.1. The van der Waals surface area contributed by atoms with Crippen molar-refractivity contribution < 1.29 is 9.53 Å². The number of carbonyl (C=O) groups is 1. The first-order valence-electron chi connectivity index (χ1n) is 8.57. The molecule has 0 bridgehead atoms. The summed E-state index contributed by atoms with van der Waals surface area (Å²) in [5.41, 5.74) is 2.12. The first-order valence-corrected chi connectivity index (χ1v) is 8.95. The molecule has 4 nitrogen and oxygen atoms in total. The monoisotopic (exact) mass is 358 g/mol. The van der Waals surface area contributed by atoms with Crippen molar-refractivity contribution in [1.82, 2.24) is 5.32 Å². The SMILES string of the molecule is COc1ccccc1CNC(=O)C1CCN(c2cccc(Cl)c2)CC1. The molecule has 1 saturated heterocycles. The largest absolute Gasteiger partial charge is 0.496 e. The van der Waals surface area contributed by atoms with Crippen molar-refractivity contribution in [3.8, 4) is 5.75 Å². The number of nitrogens with one attached hydrogen (secondary N) is 1. The van der Waals surface area contributed by atoms with Crippen LogP contribution in [0.5, 0.6) is 5.75 Å². The van der Waals surface area contributed by atoms with Crippen LogP contribution < -0.4 is 15.0 Å². The van der Waals surface area contributed by atoms with E-state index in [0.29, 0.717) is 6.54 Å². The fourth-order valence-corrected chi connectivity index (χ4v) is 3.43. The Hall–Kier alpha value is -2.20. The Morgan fingerprint density at radius 1 is 1.20 bits per heavy atom. The smallest absolute Gasteiger partial charge is 0.223 e. The lowest BCUT2D eigenvalue weighted by Crippen LogP contribution is -2.40. The Bertz CT molecular complexity index is 727. The molecule has 1 heterocycles. The Labute approximate surface area is 153 Å². The summed E-state index contributed by atoms with van der Waals surface area (Å²) in [6, 6.07) is 15.6. The highest BCUT2D eigenvalue weighted by atomic mass is 35.5. The molecule has 0 radical (unpaired) electrons.